The molecular formula is C14H20BrN. The minimum Gasteiger partial charge on any atom is -0.314 e. The fourth-order valence-electron chi connectivity index (χ4n) is 2.42. The fraction of sp³-hybridized carbons (Fsp3) is 0.571. The molecule has 1 saturated heterocycles. The lowest BCUT2D eigenvalue weighted by Crippen LogP contribution is -2.35. The van der Waals surface area contributed by atoms with E-state index in [0.29, 0.717) is 6.04 Å². The van der Waals surface area contributed by atoms with Crippen LogP contribution in [-0.2, 0) is 12.8 Å². The molecule has 0 spiro atoms. The normalized spacial score (nSPS) is 21.0. The van der Waals surface area contributed by atoms with Crippen LogP contribution in [0.5, 0.6) is 0 Å². The van der Waals surface area contributed by atoms with Crippen LogP contribution in [-0.4, -0.2) is 12.6 Å². The van der Waals surface area contributed by atoms with E-state index in [9.17, 15) is 0 Å². The first-order valence-electron chi connectivity index (χ1n) is 6.29. The predicted molar refractivity (Wildman–Crippen MR) is 72.9 cm³/mol. The highest BCUT2D eigenvalue weighted by atomic mass is 79.9. The third-order valence-electron chi connectivity index (χ3n) is 3.32. The number of nitrogens with one attached hydrogen (secondary N) is 1. The van der Waals surface area contributed by atoms with E-state index in [4.69, 9.17) is 0 Å². The number of aryl methyl sites for hydroxylation is 1. The maximum Gasteiger partial charge on any atom is 0.0180 e. The lowest BCUT2D eigenvalue weighted by Gasteiger charge is -2.23. The molecule has 0 aromatic heterocycles. The molecule has 1 nitrogen and oxygen atoms in total. The molecule has 1 heterocycles. The summed E-state index contributed by atoms with van der Waals surface area (Å²) in [5.41, 5.74) is 2.89. The molecule has 1 unspecified atom stereocenters. The average molecular weight is 282 g/mol. The first-order chi connectivity index (χ1) is 7.78. The first-order valence-corrected chi connectivity index (χ1v) is 7.09. The number of hydrogen-bond acceptors (Lipinski definition) is 1. The van der Waals surface area contributed by atoms with Gasteiger partial charge in [0.2, 0.25) is 0 Å². The summed E-state index contributed by atoms with van der Waals surface area (Å²) in [6.45, 7) is 3.41. The molecule has 2 heteroatoms. The molecule has 1 aromatic rings. The van der Waals surface area contributed by atoms with Gasteiger partial charge in [-0.1, -0.05) is 35.3 Å². The maximum absolute atomic E-state index is 3.61. The van der Waals surface area contributed by atoms with Crippen molar-refractivity contribution in [1.82, 2.24) is 5.32 Å². The second-order valence-electron chi connectivity index (χ2n) is 4.67. The molecule has 1 aliphatic heterocycles. The van der Waals surface area contributed by atoms with Gasteiger partial charge in [0, 0.05) is 10.5 Å². The van der Waals surface area contributed by atoms with E-state index in [1.165, 1.54) is 47.8 Å². The van der Waals surface area contributed by atoms with Crippen LogP contribution in [0, 0.1) is 0 Å². The van der Waals surface area contributed by atoms with Gasteiger partial charge in [0.25, 0.3) is 0 Å². The maximum atomic E-state index is 3.61. The molecule has 2 rings (SSSR count). The Labute approximate surface area is 107 Å². The van der Waals surface area contributed by atoms with Gasteiger partial charge in [0.1, 0.15) is 0 Å². The van der Waals surface area contributed by atoms with Crippen molar-refractivity contribution in [2.45, 2.75) is 45.1 Å². The Morgan fingerprint density at radius 2 is 2.06 bits per heavy atom. The Morgan fingerprint density at radius 1 is 1.25 bits per heavy atom. The van der Waals surface area contributed by atoms with Crippen molar-refractivity contribution in [3.8, 4) is 0 Å². The summed E-state index contributed by atoms with van der Waals surface area (Å²) in [6, 6.07) is 7.52. The highest BCUT2D eigenvalue weighted by Gasteiger charge is 2.13. The number of halogens is 1. The van der Waals surface area contributed by atoms with Crippen LogP contribution in [0.3, 0.4) is 0 Å². The van der Waals surface area contributed by atoms with Crippen molar-refractivity contribution in [1.29, 1.82) is 0 Å². The summed E-state index contributed by atoms with van der Waals surface area (Å²) in [5.74, 6) is 0. The van der Waals surface area contributed by atoms with Crippen molar-refractivity contribution < 1.29 is 0 Å². The van der Waals surface area contributed by atoms with Gasteiger partial charge in [-0.15, -0.1) is 0 Å². The second-order valence-corrected chi connectivity index (χ2v) is 5.59. The SMILES string of the molecule is CCc1cc(Br)cc(CC2CCCCN2)c1. The lowest BCUT2D eigenvalue weighted by atomic mass is 9.96. The Hall–Kier alpha value is -0.340. The molecule has 16 heavy (non-hydrogen) atoms. The van der Waals surface area contributed by atoms with Gasteiger partial charge >= 0.3 is 0 Å². The molecule has 1 aromatic carbocycles. The van der Waals surface area contributed by atoms with E-state index >= 15 is 0 Å². The molecule has 1 atom stereocenters. The molecule has 0 radical (unpaired) electrons. The molecule has 88 valence electrons. The summed E-state index contributed by atoms with van der Waals surface area (Å²) in [6.07, 6.45) is 6.34. The van der Waals surface area contributed by atoms with Crippen LogP contribution in [0.1, 0.15) is 37.3 Å². The summed E-state index contributed by atoms with van der Waals surface area (Å²) in [4.78, 5) is 0. The molecule has 0 bridgehead atoms. The molecule has 1 N–H and O–H groups in total. The Balaban J connectivity index is 2.04. The second kappa shape index (κ2) is 5.83. The van der Waals surface area contributed by atoms with E-state index < -0.39 is 0 Å². The van der Waals surface area contributed by atoms with Crippen molar-refractivity contribution in [2.24, 2.45) is 0 Å². The Kier molecular flexibility index (Phi) is 4.42. The molecule has 0 aliphatic carbocycles. The highest BCUT2D eigenvalue weighted by molar-refractivity contribution is 9.10. The van der Waals surface area contributed by atoms with Crippen LogP contribution < -0.4 is 5.32 Å². The van der Waals surface area contributed by atoms with Crippen LogP contribution in [0.25, 0.3) is 0 Å². The van der Waals surface area contributed by atoms with Gasteiger partial charge < -0.3 is 5.32 Å². The average Bonchev–Trinajstić information content (AvgIpc) is 2.29. The quantitative estimate of drug-likeness (QED) is 0.891. The topological polar surface area (TPSA) is 12.0 Å². The van der Waals surface area contributed by atoms with E-state index in [-0.39, 0.29) is 0 Å². The number of benzene rings is 1. The minimum atomic E-state index is 0.688. The molecule has 0 amide bonds. The zero-order chi connectivity index (χ0) is 11.4. The zero-order valence-corrected chi connectivity index (χ0v) is 11.5. The fourth-order valence-corrected chi connectivity index (χ4v) is 3.01. The smallest absolute Gasteiger partial charge is 0.0180 e. The predicted octanol–water partition coefficient (Wildman–Crippen LogP) is 3.70. The standard InChI is InChI=1S/C14H20BrN/c1-2-11-7-12(9-13(15)8-11)10-14-5-3-4-6-16-14/h7-9,14,16H,2-6,10H2,1H3. The summed E-state index contributed by atoms with van der Waals surface area (Å²) in [5, 5.41) is 3.61. The van der Waals surface area contributed by atoms with Crippen molar-refractivity contribution in [2.75, 3.05) is 6.54 Å². The van der Waals surface area contributed by atoms with Gasteiger partial charge in [-0.05, 0) is 55.5 Å². The Bertz CT molecular complexity index is 343. The number of piperidine rings is 1. The van der Waals surface area contributed by atoms with Crippen LogP contribution in [0.4, 0.5) is 0 Å². The third kappa shape index (κ3) is 3.33. The minimum absolute atomic E-state index is 0.688. The van der Waals surface area contributed by atoms with Crippen molar-refractivity contribution in [3.63, 3.8) is 0 Å². The number of hydrogen-bond donors (Lipinski definition) is 1. The van der Waals surface area contributed by atoms with Crippen molar-refractivity contribution in [3.05, 3.63) is 33.8 Å². The van der Waals surface area contributed by atoms with Gasteiger partial charge in [-0.3, -0.25) is 0 Å². The first kappa shape index (κ1) is 12.1. The van der Waals surface area contributed by atoms with Gasteiger partial charge in [-0.2, -0.15) is 0 Å². The molecule has 1 aliphatic rings. The summed E-state index contributed by atoms with van der Waals surface area (Å²) < 4.78 is 1.22. The van der Waals surface area contributed by atoms with E-state index in [1.54, 1.807) is 0 Å². The molecular weight excluding hydrogens is 262 g/mol. The molecule has 1 fully saturated rings. The summed E-state index contributed by atoms with van der Waals surface area (Å²) >= 11 is 3.60. The number of rotatable bonds is 3. The third-order valence-corrected chi connectivity index (χ3v) is 3.78. The van der Waals surface area contributed by atoms with Crippen molar-refractivity contribution >= 4 is 15.9 Å². The zero-order valence-electron chi connectivity index (χ0n) is 9.93. The van der Waals surface area contributed by atoms with Gasteiger partial charge in [0.05, 0.1) is 0 Å². The van der Waals surface area contributed by atoms with Crippen LogP contribution in [0.2, 0.25) is 0 Å². The lowest BCUT2D eigenvalue weighted by molar-refractivity contribution is 0.399. The van der Waals surface area contributed by atoms with Gasteiger partial charge in [0.15, 0.2) is 0 Å². The van der Waals surface area contributed by atoms with E-state index in [1.807, 2.05) is 0 Å². The van der Waals surface area contributed by atoms with Crippen LogP contribution in [0.15, 0.2) is 22.7 Å². The van der Waals surface area contributed by atoms with E-state index in [0.717, 1.165) is 6.42 Å². The monoisotopic (exact) mass is 281 g/mol. The highest BCUT2D eigenvalue weighted by Crippen LogP contribution is 2.19. The largest absolute Gasteiger partial charge is 0.314 e. The van der Waals surface area contributed by atoms with Gasteiger partial charge in [-0.25, -0.2) is 0 Å². The van der Waals surface area contributed by atoms with E-state index in [2.05, 4.69) is 46.4 Å². The Morgan fingerprint density at radius 3 is 2.75 bits per heavy atom. The summed E-state index contributed by atoms with van der Waals surface area (Å²) in [7, 11) is 0. The van der Waals surface area contributed by atoms with Crippen LogP contribution >= 0.6 is 15.9 Å². The molecule has 0 saturated carbocycles.